The molecular weight excluding hydrogens is 1120 g/mol. The standard InChI is InChI=1S/C89H108BN3/c1-53-44-57(82(9,10)11)30-36-71(53)92-74-52-69-67(86(18,19)41-43-88(69,22)23)50-70(74)90-78-75(92)46-60(91(58-31-26-55(27-32-58)80(3,4)5)59-33-28-56(29-34-59)81(6,7)8)47-76(78)93(73-51-68-64(45-54(73)2)83(12,13)38-42-87(68,20)21)72-37-35-61-62-48-65-66(85(16,17)40-39-84(65,14)15)49-63(62)89(24,25)77(61)79(72)90/h26-37,44-52H,38-43H2,1-25H3. The minimum atomic E-state index is -0.329. The molecule has 6 aliphatic rings. The zero-order valence-electron chi connectivity index (χ0n) is 61.8. The van der Waals surface area contributed by atoms with Crippen molar-refractivity contribution in [3.63, 3.8) is 0 Å². The number of rotatable bonds is 5. The number of hydrogen-bond acceptors (Lipinski definition) is 3. The number of nitrogens with zero attached hydrogens (tertiary/aromatic N) is 3. The Balaban J connectivity index is 1.17. The topological polar surface area (TPSA) is 9.72 Å². The third kappa shape index (κ3) is 9.74. The number of fused-ring (bicyclic) bond motifs is 11. The fourth-order valence-corrected chi connectivity index (χ4v) is 18.2. The molecule has 4 aliphatic carbocycles. The van der Waals surface area contributed by atoms with Gasteiger partial charge in [0.05, 0.1) is 5.69 Å². The molecule has 0 amide bonds. The number of anilines is 9. The lowest BCUT2D eigenvalue weighted by atomic mass is 9.31. The first kappa shape index (κ1) is 63.6. The molecule has 8 aromatic carbocycles. The van der Waals surface area contributed by atoms with E-state index in [0.717, 1.165) is 36.3 Å². The van der Waals surface area contributed by atoms with Crippen molar-refractivity contribution in [2.45, 2.75) is 266 Å². The Bertz CT molecular complexity index is 4360. The van der Waals surface area contributed by atoms with Crippen molar-refractivity contribution in [3.8, 4) is 11.1 Å². The van der Waals surface area contributed by atoms with Gasteiger partial charge in [-0.3, -0.25) is 0 Å². The smallest absolute Gasteiger partial charge is 0.252 e. The number of aryl methyl sites for hydroxylation is 2. The van der Waals surface area contributed by atoms with Gasteiger partial charge in [0, 0.05) is 50.9 Å². The zero-order valence-corrected chi connectivity index (χ0v) is 61.8. The summed E-state index contributed by atoms with van der Waals surface area (Å²) in [5.41, 5.74) is 36.5. The van der Waals surface area contributed by atoms with E-state index in [2.05, 4.69) is 315 Å². The summed E-state index contributed by atoms with van der Waals surface area (Å²) in [4.78, 5) is 8.16. The summed E-state index contributed by atoms with van der Waals surface area (Å²) in [5.74, 6) is 0. The Morgan fingerprint density at radius 1 is 0.323 bits per heavy atom. The average molecular weight is 1230 g/mol. The molecule has 0 atom stereocenters. The Morgan fingerprint density at radius 2 is 0.710 bits per heavy atom. The van der Waals surface area contributed by atoms with Crippen LogP contribution in [0.2, 0.25) is 0 Å². The van der Waals surface area contributed by atoms with Crippen molar-refractivity contribution < 1.29 is 0 Å². The number of benzene rings is 8. The fourth-order valence-electron chi connectivity index (χ4n) is 18.2. The Hall–Kier alpha value is -6.78. The second kappa shape index (κ2) is 20.1. The van der Waals surface area contributed by atoms with E-state index in [1.807, 2.05) is 0 Å². The van der Waals surface area contributed by atoms with Crippen molar-refractivity contribution in [1.82, 2.24) is 0 Å². The maximum Gasteiger partial charge on any atom is 0.252 e. The van der Waals surface area contributed by atoms with Gasteiger partial charge < -0.3 is 14.7 Å². The molecule has 0 radical (unpaired) electrons. The van der Waals surface area contributed by atoms with Crippen molar-refractivity contribution >= 4 is 74.3 Å². The van der Waals surface area contributed by atoms with Gasteiger partial charge in [0.25, 0.3) is 6.71 Å². The minimum Gasteiger partial charge on any atom is -0.311 e. The predicted octanol–water partition coefficient (Wildman–Crippen LogP) is 23.1. The molecule has 3 nitrogen and oxygen atoms in total. The van der Waals surface area contributed by atoms with E-state index in [-0.39, 0.29) is 60.9 Å². The van der Waals surface area contributed by atoms with Gasteiger partial charge in [0.2, 0.25) is 0 Å². The van der Waals surface area contributed by atoms with Crippen LogP contribution in [-0.2, 0) is 54.1 Å². The molecule has 0 spiro atoms. The molecule has 93 heavy (non-hydrogen) atoms. The number of hydrogen-bond donors (Lipinski definition) is 0. The molecule has 2 heterocycles. The van der Waals surface area contributed by atoms with Gasteiger partial charge in [-0.25, -0.2) is 0 Å². The molecular formula is C89H108BN3. The molecule has 14 rings (SSSR count). The molecule has 0 unspecified atom stereocenters. The SMILES string of the molecule is Cc1cc(C(C)(C)C)ccc1N1c2cc3c(cc2B2c4c1cc(N(c1ccc(C(C)(C)C)cc1)c1ccc(C(C)(C)C)cc1)cc4N(c1cc4c(cc1C)C(C)(C)CCC4(C)C)c1ccc4c(c12)C(C)(C)c1cc2c(cc1-4)C(C)(C)CCC2(C)C)C(C)(C)CCC3(C)C. The third-order valence-corrected chi connectivity index (χ3v) is 24.7. The first-order valence-electron chi connectivity index (χ1n) is 35.7. The quantitative estimate of drug-likeness (QED) is 0.159. The van der Waals surface area contributed by atoms with Crippen LogP contribution in [0.15, 0.2) is 127 Å². The second-order valence-electron chi connectivity index (χ2n) is 37.6. The summed E-state index contributed by atoms with van der Waals surface area (Å²) in [5, 5.41) is 0. The zero-order chi connectivity index (χ0) is 67.0. The van der Waals surface area contributed by atoms with Crippen molar-refractivity contribution in [2.75, 3.05) is 14.7 Å². The van der Waals surface area contributed by atoms with Gasteiger partial charge in [-0.1, -0.05) is 220 Å². The van der Waals surface area contributed by atoms with Gasteiger partial charge in [0.1, 0.15) is 0 Å². The second-order valence-corrected chi connectivity index (χ2v) is 37.6. The van der Waals surface area contributed by atoms with Gasteiger partial charge in [-0.15, -0.1) is 0 Å². The van der Waals surface area contributed by atoms with Crippen LogP contribution in [0.4, 0.5) is 51.2 Å². The molecule has 0 bridgehead atoms. The van der Waals surface area contributed by atoms with E-state index >= 15 is 0 Å². The van der Waals surface area contributed by atoms with E-state index in [4.69, 9.17) is 0 Å². The largest absolute Gasteiger partial charge is 0.311 e. The van der Waals surface area contributed by atoms with Crippen LogP contribution < -0.4 is 31.1 Å². The molecule has 0 aromatic heterocycles. The van der Waals surface area contributed by atoms with Gasteiger partial charge >= 0.3 is 0 Å². The fraction of sp³-hybridized carbons (Fsp3) is 0.461. The predicted molar refractivity (Wildman–Crippen MR) is 404 cm³/mol. The highest BCUT2D eigenvalue weighted by molar-refractivity contribution is 7.00. The molecule has 0 saturated heterocycles. The lowest BCUT2D eigenvalue weighted by Gasteiger charge is -2.49. The molecule has 0 fully saturated rings. The van der Waals surface area contributed by atoms with Crippen LogP contribution >= 0.6 is 0 Å². The van der Waals surface area contributed by atoms with Gasteiger partial charge in [-0.2, -0.15) is 0 Å². The maximum atomic E-state index is 2.81. The minimum absolute atomic E-state index is 0.00689. The van der Waals surface area contributed by atoms with E-state index in [1.54, 1.807) is 0 Å². The molecule has 2 aliphatic heterocycles. The summed E-state index contributed by atoms with van der Waals surface area (Å²) in [6, 6.07) is 53.1. The van der Waals surface area contributed by atoms with Crippen molar-refractivity contribution in [2.24, 2.45) is 0 Å². The molecule has 0 N–H and O–H groups in total. The third-order valence-electron chi connectivity index (χ3n) is 24.7. The van der Waals surface area contributed by atoms with Crippen molar-refractivity contribution in [3.05, 3.63) is 200 Å². The van der Waals surface area contributed by atoms with Crippen LogP contribution in [0.5, 0.6) is 0 Å². The van der Waals surface area contributed by atoms with Crippen molar-refractivity contribution in [1.29, 1.82) is 0 Å². The Morgan fingerprint density at radius 3 is 1.17 bits per heavy atom. The first-order valence-corrected chi connectivity index (χ1v) is 35.7. The normalized spacial score (nSPS) is 19.5. The van der Waals surface area contributed by atoms with Crippen LogP contribution in [-0.4, -0.2) is 6.71 Å². The molecule has 482 valence electrons. The summed E-state index contributed by atoms with van der Waals surface area (Å²) in [7, 11) is 0. The Kier molecular flexibility index (Phi) is 13.8. The van der Waals surface area contributed by atoms with Crippen LogP contribution in [0.3, 0.4) is 0 Å². The van der Waals surface area contributed by atoms with E-state index in [9.17, 15) is 0 Å². The van der Waals surface area contributed by atoms with Crippen LogP contribution in [0.25, 0.3) is 11.1 Å². The summed E-state index contributed by atoms with van der Waals surface area (Å²) < 4.78 is 0. The highest BCUT2D eigenvalue weighted by atomic mass is 15.2. The highest BCUT2D eigenvalue weighted by Crippen LogP contribution is 2.59. The lowest BCUT2D eigenvalue weighted by Crippen LogP contribution is -2.63. The summed E-state index contributed by atoms with van der Waals surface area (Å²) in [6.07, 6.45) is 6.97. The molecule has 0 saturated carbocycles. The van der Waals surface area contributed by atoms with E-state index in [1.165, 1.54) is 153 Å². The van der Waals surface area contributed by atoms with Gasteiger partial charge in [0.15, 0.2) is 0 Å². The lowest BCUT2D eigenvalue weighted by molar-refractivity contribution is 0.331. The molecule has 8 aromatic rings. The highest BCUT2D eigenvalue weighted by Gasteiger charge is 2.53. The van der Waals surface area contributed by atoms with Crippen LogP contribution in [0.1, 0.15) is 270 Å². The van der Waals surface area contributed by atoms with Gasteiger partial charge in [-0.05, 0) is 268 Å². The van der Waals surface area contributed by atoms with E-state index < -0.39 is 0 Å². The summed E-state index contributed by atoms with van der Waals surface area (Å²) in [6.45, 7) is 61.1. The monoisotopic (exact) mass is 1230 g/mol. The summed E-state index contributed by atoms with van der Waals surface area (Å²) >= 11 is 0. The van der Waals surface area contributed by atoms with E-state index in [0.29, 0.717) is 0 Å². The molecule has 4 heteroatoms. The average Bonchev–Trinajstić information content (AvgIpc) is 1.67. The Labute approximate surface area is 562 Å². The van der Waals surface area contributed by atoms with Crippen LogP contribution in [0, 0.1) is 13.8 Å². The first-order chi connectivity index (χ1) is 43.0. The maximum absolute atomic E-state index is 2.81.